The molecule has 2 aliphatic rings. The lowest BCUT2D eigenvalue weighted by molar-refractivity contribution is -0.169. The molecule has 16 heavy (non-hydrogen) atoms. The Hall–Kier alpha value is -0.850. The molecule has 0 aromatic carbocycles. The smallest absolute Gasteiger partial charge is 0.163 e. The van der Waals surface area contributed by atoms with Gasteiger partial charge in [0.1, 0.15) is 6.10 Å². The predicted octanol–water partition coefficient (Wildman–Crippen LogP) is 0.924. The van der Waals surface area contributed by atoms with Crippen molar-refractivity contribution in [3.63, 3.8) is 0 Å². The van der Waals surface area contributed by atoms with E-state index in [0.717, 1.165) is 0 Å². The normalized spacial score (nSPS) is 41.9. The Bertz CT molecular complexity index is 316. The van der Waals surface area contributed by atoms with Crippen molar-refractivity contribution >= 4 is 0 Å². The molecule has 4 atom stereocenters. The first kappa shape index (κ1) is 11.6. The summed E-state index contributed by atoms with van der Waals surface area (Å²) in [6.07, 6.45) is -1.10. The van der Waals surface area contributed by atoms with E-state index in [9.17, 15) is 5.11 Å². The van der Waals surface area contributed by atoms with Crippen LogP contribution in [-0.2, 0) is 14.2 Å². The lowest BCUT2D eigenvalue weighted by Gasteiger charge is -2.20. The lowest BCUT2D eigenvalue weighted by atomic mass is 10.1. The van der Waals surface area contributed by atoms with Crippen molar-refractivity contribution in [3.05, 3.63) is 10.4 Å². The summed E-state index contributed by atoms with van der Waals surface area (Å²) in [6.45, 7) is 4.07. The quantitative estimate of drug-likeness (QED) is 0.432. The molecule has 0 spiro atoms. The van der Waals surface area contributed by atoms with Crippen LogP contribution < -0.4 is 0 Å². The average Bonchev–Trinajstić information content (AvgIpc) is 2.72. The fraction of sp³-hybridized carbons (Fsp3) is 1.00. The van der Waals surface area contributed by atoms with Gasteiger partial charge in [0.15, 0.2) is 12.1 Å². The van der Waals surface area contributed by atoms with Gasteiger partial charge in [-0.05, 0) is 25.8 Å². The zero-order valence-electron chi connectivity index (χ0n) is 9.24. The molecule has 7 heteroatoms. The van der Waals surface area contributed by atoms with E-state index in [1.165, 1.54) is 0 Å². The molecule has 0 aromatic rings. The summed E-state index contributed by atoms with van der Waals surface area (Å²) in [6, 6.07) is -0.540. The third-order valence-corrected chi connectivity index (χ3v) is 2.76. The van der Waals surface area contributed by atoms with E-state index < -0.39 is 18.1 Å². The maximum absolute atomic E-state index is 9.50. The van der Waals surface area contributed by atoms with E-state index in [-0.39, 0.29) is 12.2 Å². The summed E-state index contributed by atoms with van der Waals surface area (Å²) >= 11 is 0. The maximum Gasteiger partial charge on any atom is 0.163 e. The van der Waals surface area contributed by atoms with Crippen LogP contribution in [0.4, 0.5) is 0 Å². The number of nitrogens with zero attached hydrogens (tertiary/aromatic N) is 3. The molecule has 0 saturated carbocycles. The predicted molar refractivity (Wildman–Crippen MR) is 53.3 cm³/mol. The maximum atomic E-state index is 9.50. The minimum atomic E-state index is -1.05. The van der Waals surface area contributed by atoms with Crippen molar-refractivity contribution in [1.82, 2.24) is 0 Å². The first-order valence-electron chi connectivity index (χ1n) is 5.21. The van der Waals surface area contributed by atoms with Gasteiger partial charge in [0, 0.05) is 4.91 Å². The van der Waals surface area contributed by atoms with Crippen LogP contribution in [-0.4, -0.2) is 42.0 Å². The minimum Gasteiger partial charge on any atom is -0.368 e. The molecule has 0 unspecified atom stereocenters. The first-order valence-corrected chi connectivity index (χ1v) is 5.21. The number of ether oxygens (including phenoxy) is 3. The van der Waals surface area contributed by atoms with Crippen molar-refractivity contribution in [2.75, 3.05) is 6.61 Å². The Morgan fingerprint density at radius 1 is 1.44 bits per heavy atom. The number of hydrogen-bond acceptors (Lipinski definition) is 5. The molecule has 0 radical (unpaired) electrons. The van der Waals surface area contributed by atoms with Gasteiger partial charge in [-0.1, -0.05) is 5.11 Å². The molecule has 1 N–H and O–H groups in total. The van der Waals surface area contributed by atoms with Crippen LogP contribution in [0.15, 0.2) is 5.11 Å². The molecule has 2 heterocycles. The van der Waals surface area contributed by atoms with Crippen LogP contribution in [0.5, 0.6) is 0 Å². The van der Waals surface area contributed by atoms with Gasteiger partial charge in [-0.3, -0.25) is 0 Å². The second kappa shape index (κ2) is 4.20. The van der Waals surface area contributed by atoms with Crippen molar-refractivity contribution in [2.24, 2.45) is 5.11 Å². The fourth-order valence-electron chi connectivity index (χ4n) is 1.99. The van der Waals surface area contributed by atoms with E-state index in [0.29, 0.717) is 13.0 Å². The summed E-state index contributed by atoms with van der Waals surface area (Å²) in [4.78, 5) is 2.67. The first-order chi connectivity index (χ1) is 7.52. The van der Waals surface area contributed by atoms with Gasteiger partial charge in [-0.2, -0.15) is 0 Å². The van der Waals surface area contributed by atoms with Gasteiger partial charge in [0.05, 0.1) is 18.8 Å². The Balaban J connectivity index is 1.96. The van der Waals surface area contributed by atoms with Crippen LogP contribution in [0.25, 0.3) is 10.4 Å². The second-order valence-corrected chi connectivity index (χ2v) is 4.44. The third kappa shape index (κ3) is 2.28. The molecule has 0 amide bonds. The van der Waals surface area contributed by atoms with Gasteiger partial charge in [0.2, 0.25) is 0 Å². The summed E-state index contributed by atoms with van der Waals surface area (Å²) in [7, 11) is 0. The summed E-state index contributed by atoms with van der Waals surface area (Å²) in [5.74, 6) is -0.616. The van der Waals surface area contributed by atoms with Gasteiger partial charge >= 0.3 is 0 Å². The van der Waals surface area contributed by atoms with E-state index in [4.69, 9.17) is 19.7 Å². The van der Waals surface area contributed by atoms with E-state index in [1.807, 2.05) is 13.8 Å². The topological polar surface area (TPSA) is 96.7 Å². The Morgan fingerprint density at radius 3 is 2.75 bits per heavy atom. The second-order valence-electron chi connectivity index (χ2n) is 4.44. The molecule has 2 fully saturated rings. The molecule has 7 nitrogen and oxygen atoms in total. The van der Waals surface area contributed by atoms with Gasteiger partial charge < -0.3 is 19.3 Å². The zero-order valence-corrected chi connectivity index (χ0v) is 9.24. The lowest BCUT2D eigenvalue weighted by Crippen LogP contribution is -2.30. The third-order valence-electron chi connectivity index (χ3n) is 2.76. The minimum absolute atomic E-state index is 0.219. The fourth-order valence-corrected chi connectivity index (χ4v) is 1.99. The van der Waals surface area contributed by atoms with Gasteiger partial charge in [-0.25, -0.2) is 0 Å². The largest absolute Gasteiger partial charge is 0.368 e. The van der Waals surface area contributed by atoms with E-state index in [1.54, 1.807) is 0 Å². The molecule has 90 valence electrons. The average molecular weight is 229 g/mol. The van der Waals surface area contributed by atoms with Crippen molar-refractivity contribution in [3.8, 4) is 0 Å². The Labute approximate surface area is 92.9 Å². The highest BCUT2D eigenvalue weighted by molar-refractivity contribution is 4.89. The van der Waals surface area contributed by atoms with Crippen LogP contribution >= 0.6 is 0 Å². The molecular weight excluding hydrogens is 214 g/mol. The summed E-state index contributed by atoms with van der Waals surface area (Å²) < 4.78 is 16.3. The Kier molecular flexibility index (Phi) is 3.05. The SMILES string of the molecule is CC1(C)OC[C@H]([C@H]2C[C@@H](N=[N+]=[N-])[C@H](O)O2)O1. The summed E-state index contributed by atoms with van der Waals surface area (Å²) in [5, 5.41) is 13.0. The van der Waals surface area contributed by atoms with Gasteiger partial charge in [-0.15, -0.1) is 0 Å². The molecule has 0 bridgehead atoms. The Morgan fingerprint density at radius 2 is 2.19 bits per heavy atom. The number of rotatable bonds is 2. The van der Waals surface area contributed by atoms with Crippen LogP contribution in [0.3, 0.4) is 0 Å². The van der Waals surface area contributed by atoms with Crippen LogP contribution in [0, 0.1) is 0 Å². The molecule has 2 aliphatic heterocycles. The number of aliphatic hydroxyl groups excluding tert-OH is 1. The zero-order chi connectivity index (χ0) is 11.8. The molecule has 0 aliphatic carbocycles. The number of azide groups is 1. The highest BCUT2D eigenvalue weighted by Gasteiger charge is 2.44. The van der Waals surface area contributed by atoms with E-state index in [2.05, 4.69) is 10.0 Å². The molecular formula is C9H15N3O4. The van der Waals surface area contributed by atoms with E-state index >= 15 is 0 Å². The van der Waals surface area contributed by atoms with Gasteiger partial charge in [0.25, 0.3) is 0 Å². The molecule has 0 aromatic heterocycles. The molecule has 2 saturated heterocycles. The van der Waals surface area contributed by atoms with Crippen molar-refractivity contribution < 1.29 is 19.3 Å². The monoisotopic (exact) mass is 229 g/mol. The summed E-state index contributed by atoms with van der Waals surface area (Å²) in [5.41, 5.74) is 8.31. The number of aliphatic hydroxyl groups is 1. The van der Waals surface area contributed by atoms with Crippen LogP contribution in [0.1, 0.15) is 20.3 Å². The standard InChI is InChI=1S/C9H15N3O4/c1-9(2)14-4-7(16-9)6-3-5(11-12-10)8(13)15-6/h5-8,13H,3-4H2,1-2H3/t5-,6-,7-,8-/m1/s1. The van der Waals surface area contributed by atoms with Crippen molar-refractivity contribution in [1.29, 1.82) is 0 Å². The highest BCUT2D eigenvalue weighted by atomic mass is 16.8. The molecule has 2 rings (SSSR count). The van der Waals surface area contributed by atoms with Crippen molar-refractivity contribution in [2.45, 2.75) is 50.6 Å². The van der Waals surface area contributed by atoms with Crippen LogP contribution in [0.2, 0.25) is 0 Å². The highest BCUT2D eigenvalue weighted by Crippen LogP contribution is 2.32. The number of hydrogen-bond donors (Lipinski definition) is 1.